The molecular weight excluding hydrogens is 310 g/mol. The first kappa shape index (κ1) is 19.4. The third-order valence-electron chi connectivity index (χ3n) is 3.60. The van der Waals surface area contributed by atoms with E-state index < -0.39 is 10.0 Å². The fourth-order valence-electron chi connectivity index (χ4n) is 1.90. The highest BCUT2D eigenvalue weighted by atomic mass is 32.2. The number of rotatable bonds is 3. The smallest absolute Gasteiger partial charge is 0.238 e. The summed E-state index contributed by atoms with van der Waals surface area (Å²) in [6.45, 7) is 3.39. The van der Waals surface area contributed by atoms with Crippen molar-refractivity contribution in [2.75, 3.05) is 46.7 Å². The molecule has 0 heterocycles. The van der Waals surface area contributed by atoms with Gasteiger partial charge < -0.3 is 9.38 Å². The van der Waals surface area contributed by atoms with Crippen LogP contribution in [0.2, 0.25) is 0 Å². The molecule has 0 fully saturated rings. The normalized spacial score (nSPS) is 11.8. The van der Waals surface area contributed by atoms with Crippen molar-refractivity contribution >= 4 is 26.5 Å². The quantitative estimate of drug-likeness (QED) is 0.873. The van der Waals surface area contributed by atoms with Crippen LogP contribution in [0.4, 0.5) is 5.69 Å². The second-order valence-corrected chi connectivity index (χ2v) is 8.20. The van der Waals surface area contributed by atoms with Crippen molar-refractivity contribution in [2.45, 2.75) is 11.8 Å². The van der Waals surface area contributed by atoms with E-state index in [4.69, 9.17) is 5.14 Å². The van der Waals surface area contributed by atoms with Crippen molar-refractivity contribution < 1.29 is 12.9 Å². The molecule has 6 heteroatoms. The lowest BCUT2D eigenvalue weighted by Gasteiger charge is -2.20. The Morgan fingerprint density at radius 2 is 1.48 bits per heavy atom. The Labute approximate surface area is 140 Å². The van der Waals surface area contributed by atoms with E-state index >= 15 is 0 Å². The number of benzene rings is 2. The molecular formula is C17H28N3O2S+. The first-order valence-electron chi connectivity index (χ1n) is 7.49. The summed E-state index contributed by atoms with van der Waals surface area (Å²) in [7, 11) is 6.68. The van der Waals surface area contributed by atoms with Gasteiger partial charge in [-0.3, -0.25) is 0 Å². The van der Waals surface area contributed by atoms with Gasteiger partial charge in [0.1, 0.15) is 0 Å². The molecule has 2 aromatic carbocycles. The second-order valence-electron chi connectivity index (χ2n) is 6.67. The fourth-order valence-corrected chi connectivity index (χ4v) is 2.66. The van der Waals surface area contributed by atoms with E-state index in [0.29, 0.717) is 5.39 Å². The number of fused-ring (bicyclic) bond motifs is 1. The Hall–Kier alpha value is -1.63. The molecule has 23 heavy (non-hydrogen) atoms. The Morgan fingerprint density at radius 1 is 1.00 bits per heavy atom. The van der Waals surface area contributed by atoms with Gasteiger partial charge in [-0.25, -0.2) is 13.6 Å². The molecule has 0 aliphatic heterocycles. The minimum Gasteiger partial charge on any atom is -0.377 e. The highest BCUT2D eigenvalue weighted by molar-refractivity contribution is 7.89. The van der Waals surface area contributed by atoms with E-state index in [2.05, 4.69) is 28.1 Å². The van der Waals surface area contributed by atoms with Crippen LogP contribution in [0.25, 0.3) is 10.8 Å². The van der Waals surface area contributed by atoms with E-state index in [1.54, 1.807) is 12.1 Å². The molecule has 2 N–H and O–H groups in total. The zero-order valence-corrected chi connectivity index (χ0v) is 15.7. The minimum atomic E-state index is -3.69. The van der Waals surface area contributed by atoms with Gasteiger partial charge >= 0.3 is 0 Å². The third kappa shape index (κ3) is 5.49. The summed E-state index contributed by atoms with van der Waals surface area (Å²) in [4.78, 5) is 2.11. The van der Waals surface area contributed by atoms with Crippen molar-refractivity contribution in [1.29, 1.82) is 0 Å². The number of quaternary nitrogens is 1. The Morgan fingerprint density at radius 3 is 1.91 bits per heavy atom. The molecule has 0 unspecified atom stereocenters. The minimum absolute atomic E-state index is 0.165. The molecule has 2 aromatic rings. The van der Waals surface area contributed by atoms with Crippen molar-refractivity contribution in [2.24, 2.45) is 5.14 Å². The van der Waals surface area contributed by atoms with Crippen LogP contribution in [0.15, 0.2) is 41.3 Å². The molecule has 0 bridgehead atoms. The van der Waals surface area contributed by atoms with Gasteiger partial charge in [-0.05, 0) is 19.1 Å². The average molecular weight is 338 g/mol. The van der Waals surface area contributed by atoms with E-state index in [0.717, 1.165) is 15.6 Å². The Balaban J connectivity index is 0.000000379. The van der Waals surface area contributed by atoms with E-state index in [1.165, 1.54) is 12.6 Å². The zero-order chi connectivity index (χ0) is 17.8. The number of nitrogens with two attached hydrogens (primary N) is 1. The van der Waals surface area contributed by atoms with Gasteiger partial charge in [0.25, 0.3) is 0 Å². The van der Waals surface area contributed by atoms with E-state index in [-0.39, 0.29) is 4.90 Å². The largest absolute Gasteiger partial charge is 0.377 e. The molecule has 0 saturated heterocycles. The number of nitrogens with zero attached hydrogens (tertiary/aromatic N) is 2. The molecule has 0 atom stereocenters. The Bertz CT molecular complexity index is 763. The number of hydrogen-bond acceptors (Lipinski definition) is 3. The van der Waals surface area contributed by atoms with E-state index in [1.807, 2.05) is 37.2 Å². The average Bonchev–Trinajstić information content (AvgIpc) is 2.44. The highest BCUT2D eigenvalue weighted by Crippen LogP contribution is 2.29. The number of primary sulfonamides is 1. The molecule has 0 saturated carbocycles. The van der Waals surface area contributed by atoms with Crippen LogP contribution in [-0.4, -0.2) is 54.7 Å². The van der Waals surface area contributed by atoms with Gasteiger partial charge in [0.2, 0.25) is 10.0 Å². The molecule has 0 aliphatic rings. The molecule has 0 aliphatic carbocycles. The maximum atomic E-state index is 11.5. The molecule has 0 amide bonds. The maximum absolute atomic E-state index is 11.5. The predicted molar refractivity (Wildman–Crippen MR) is 98.2 cm³/mol. The molecule has 128 valence electrons. The summed E-state index contributed by atoms with van der Waals surface area (Å²) in [6, 6.07) is 10.6. The topological polar surface area (TPSA) is 63.4 Å². The monoisotopic (exact) mass is 338 g/mol. The molecule has 2 rings (SSSR count). The van der Waals surface area contributed by atoms with Gasteiger partial charge in [0, 0.05) is 30.6 Å². The van der Waals surface area contributed by atoms with Crippen molar-refractivity contribution in [1.82, 2.24) is 0 Å². The molecule has 0 aromatic heterocycles. The molecule has 0 radical (unpaired) electrons. The van der Waals surface area contributed by atoms with Crippen molar-refractivity contribution in [3.8, 4) is 0 Å². The van der Waals surface area contributed by atoms with Gasteiger partial charge in [0.15, 0.2) is 0 Å². The van der Waals surface area contributed by atoms with Gasteiger partial charge in [-0.15, -0.1) is 0 Å². The zero-order valence-electron chi connectivity index (χ0n) is 14.9. The van der Waals surface area contributed by atoms with Gasteiger partial charge in [-0.2, -0.15) is 0 Å². The number of sulfonamides is 1. The lowest BCUT2D eigenvalue weighted by atomic mass is 10.1. The standard InChI is InChI=1S/C12H14N2O2S.C5H14N/c1-14(2)11-7-3-6-10-9(11)5-4-8-12(10)17(13,15)16;1-5-6(2,3)4/h3-8H,1-2H3,(H2,13,15,16);5H2,1-4H3/q;+1. The summed E-state index contributed by atoms with van der Waals surface area (Å²) < 4.78 is 24.1. The van der Waals surface area contributed by atoms with Crippen molar-refractivity contribution in [3.63, 3.8) is 0 Å². The van der Waals surface area contributed by atoms with Crippen LogP contribution in [0.3, 0.4) is 0 Å². The fraction of sp³-hybridized carbons (Fsp3) is 0.412. The van der Waals surface area contributed by atoms with Crippen LogP contribution < -0.4 is 10.0 Å². The first-order chi connectivity index (χ1) is 10.5. The molecule has 0 spiro atoms. The molecule has 5 nitrogen and oxygen atoms in total. The second kappa shape index (κ2) is 7.29. The highest BCUT2D eigenvalue weighted by Gasteiger charge is 2.13. The van der Waals surface area contributed by atoms with Gasteiger partial charge in [-0.1, -0.05) is 24.3 Å². The first-order valence-corrected chi connectivity index (χ1v) is 9.04. The summed E-state index contributed by atoms with van der Waals surface area (Å²) in [6.07, 6.45) is 0. The summed E-state index contributed by atoms with van der Waals surface area (Å²) in [5.41, 5.74) is 0.966. The maximum Gasteiger partial charge on any atom is 0.238 e. The lowest BCUT2D eigenvalue weighted by molar-refractivity contribution is -0.868. The predicted octanol–water partition coefficient (Wildman–Crippen LogP) is 2.27. The van der Waals surface area contributed by atoms with Gasteiger partial charge in [0.05, 0.1) is 32.6 Å². The SMILES string of the molecule is CC[N+](C)(C)C.CN(C)c1cccc2c(S(N)(=O)=O)cccc12. The lowest BCUT2D eigenvalue weighted by Crippen LogP contribution is -2.33. The number of anilines is 1. The van der Waals surface area contributed by atoms with Crippen LogP contribution in [0, 0.1) is 0 Å². The summed E-state index contributed by atoms with van der Waals surface area (Å²) >= 11 is 0. The third-order valence-corrected chi connectivity index (χ3v) is 4.57. The Kier molecular flexibility index (Phi) is 6.16. The summed E-state index contributed by atoms with van der Waals surface area (Å²) in [5, 5.41) is 6.74. The van der Waals surface area contributed by atoms with Crippen LogP contribution in [0.5, 0.6) is 0 Å². The van der Waals surface area contributed by atoms with Crippen LogP contribution >= 0.6 is 0 Å². The number of hydrogen-bond donors (Lipinski definition) is 1. The van der Waals surface area contributed by atoms with Crippen molar-refractivity contribution in [3.05, 3.63) is 36.4 Å². The van der Waals surface area contributed by atoms with E-state index in [9.17, 15) is 8.42 Å². The van der Waals surface area contributed by atoms with Crippen LogP contribution in [-0.2, 0) is 10.0 Å². The summed E-state index contributed by atoms with van der Waals surface area (Å²) in [5.74, 6) is 0. The van der Waals surface area contributed by atoms with Crippen LogP contribution in [0.1, 0.15) is 6.92 Å².